The lowest BCUT2D eigenvalue weighted by Crippen LogP contribution is -2.49. The second-order valence-corrected chi connectivity index (χ2v) is 8.66. The maximum absolute atomic E-state index is 12.9. The lowest BCUT2D eigenvalue weighted by Gasteiger charge is -2.34. The molecule has 29 heavy (non-hydrogen) atoms. The van der Waals surface area contributed by atoms with Crippen LogP contribution < -0.4 is 9.64 Å². The number of aryl methyl sites for hydroxylation is 1. The Hall–Kier alpha value is -2.98. The highest BCUT2D eigenvalue weighted by atomic mass is 32.2. The summed E-state index contributed by atoms with van der Waals surface area (Å²) in [4.78, 5) is 2.27. The molecule has 1 saturated heterocycles. The standard InChI is InChI=1S/C19H22N6O3S/c1-15-8-9-25(22-15)19-7-6-18(20-21-19)23-10-12-24(13-11-23)29(26,27)17-5-3-4-16(14-17)28-2/h3-9,14H,10-13H2,1-2H3. The molecule has 3 heterocycles. The number of hydrogen-bond donors (Lipinski definition) is 0. The number of sulfonamides is 1. The molecule has 0 bridgehead atoms. The van der Waals surface area contributed by atoms with Crippen LogP contribution in [0, 0.1) is 6.92 Å². The van der Waals surface area contributed by atoms with Crippen molar-refractivity contribution in [2.75, 3.05) is 38.2 Å². The lowest BCUT2D eigenvalue weighted by molar-refractivity contribution is 0.382. The average Bonchev–Trinajstić information content (AvgIpc) is 3.20. The van der Waals surface area contributed by atoms with E-state index in [9.17, 15) is 8.42 Å². The Bertz CT molecular complexity index is 1090. The van der Waals surface area contributed by atoms with Crippen molar-refractivity contribution in [1.29, 1.82) is 0 Å². The molecule has 152 valence electrons. The van der Waals surface area contributed by atoms with Gasteiger partial charge in [-0.05, 0) is 37.3 Å². The molecule has 0 saturated carbocycles. The first-order valence-electron chi connectivity index (χ1n) is 9.23. The molecule has 0 unspecified atom stereocenters. The average molecular weight is 414 g/mol. The van der Waals surface area contributed by atoms with Crippen LogP contribution in [0.1, 0.15) is 5.69 Å². The first-order valence-corrected chi connectivity index (χ1v) is 10.7. The van der Waals surface area contributed by atoms with Gasteiger partial charge >= 0.3 is 0 Å². The van der Waals surface area contributed by atoms with Crippen molar-refractivity contribution in [1.82, 2.24) is 24.3 Å². The SMILES string of the molecule is COc1cccc(S(=O)(=O)N2CCN(c3ccc(-n4ccc(C)n4)nn3)CC2)c1. The summed E-state index contributed by atoms with van der Waals surface area (Å²) in [5, 5.41) is 12.8. The smallest absolute Gasteiger partial charge is 0.243 e. The Kier molecular flexibility index (Phi) is 5.20. The van der Waals surface area contributed by atoms with Crippen LogP contribution in [-0.4, -0.2) is 66.0 Å². The van der Waals surface area contributed by atoms with Crippen LogP contribution in [0.2, 0.25) is 0 Å². The molecule has 0 atom stereocenters. The van der Waals surface area contributed by atoms with Gasteiger partial charge in [-0.15, -0.1) is 10.2 Å². The molecule has 0 radical (unpaired) electrons. The van der Waals surface area contributed by atoms with Crippen molar-refractivity contribution in [3.63, 3.8) is 0 Å². The largest absolute Gasteiger partial charge is 0.497 e. The fourth-order valence-electron chi connectivity index (χ4n) is 3.22. The predicted molar refractivity (Wildman–Crippen MR) is 108 cm³/mol. The lowest BCUT2D eigenvalue weighted by atomic mass is 10.3. The number of ether oxygens (including phenoxy) is 1. The maximum atomic E-state index is 12.9. The first-order chi connectivity index (χ1) is 14.0. The van der Waals surface area contributed by atoms with Crippen molar-refractivity contribution < 1.29 is 13.2 Å². The molecule has 0 N–H and O–H groups in total. The third-order valence-corrected chi connectivity index (χ3v) is 6.73. The minimum Gasteiger partial charge on any atom is -0.497 e. The molecule has 0 spiro atoms. The van der Waals surface area contributed by atoms with Crippen LogP contribution in [0.4, 0.5) is 5.82 Å². The maximum Gasteiger partial charge on any atom is 0.243 e. The van der Waals surface area contributed by atoms with Gasteiger partial charge in [-0.1, -0.05) is 6.07 Å². The van der Waals surface area contributed by atoms with Gasteiger partial charge in [-0.2, -0.15) is 9.40 Å². The molecule has 4 rings (SSSR count). The summed E-state index contributed by atoms with van der Waals surface area (Å²) < 4.78 is 34.1. The van der Waals surface area contributed by atoms with Gasteiger partial charge in [0.05, 0.1) is 17.7 Å². The number of piperazine rings is 1. The molecule has 1 aliphatic rings. The Labute approximate surface area is 169 Å². The van der Waals surface area contributed by atoms with E-state index in [4.69, 9.17) is 4.74 Å². The Balaban J connectivity index is 1.43. The van der Waals surface area contributed by atoms with Gasteiger partial charge in [0.1, 0.15) is 5.75 Å². The third kappa shape index (κ3) is 3.94. The summed E-state index contributed by atoms with van der Waals surface area (Å²) in [7, 11) is -2.04. The molecule has 3 aromatic rings. The van der Waals surface area contributed by atoms with Crippen LogP contribution in [0.5, 0.6) is 5.75 Å². The number of rotatable bonds is 5. The Morgan fingerprint density at radius 3 is 2.31 bits per heavy atom. The monoisotopic (exact) mass is 414 g/mol. The van der Waals surface area contributed by atoms with Gasteiger partial charge in [-0.3, -0.25) is 0 Å². The summed E-state index contributed by atoms with van der Waals surface area (Å²) in [5.41, 5.74) is 0.907. The second-order valence-electron chi connectivity index (χ2n) is 6.72. The van der Waals surface area contributed by atoms with Crippen LogP contribution in [-0.2, 0) is 10.0 Å². The van der Waals surface area contributed by atoms with Crippen molar-refractivity contribution in [2.24, 2.45) is 0 Å². The summed E-state index contributed by atoms with van der Waals surface area (Å²) in [5.74, 6) is 1.88. The number of methoxy groups -OCH3 is 1. The van der Waals surface area contributed by atoms with E-state index in [1.165, 1.54) is 11.4 Å². The molecule has 1 aliphatic heterocycles. The van der Waals surface area contributed by atoms with E-state index in [2.05, 4.69) is 15.3 Å². The van der Waals surface area contributed by atoms with Gasteiger partial charge in [0.25, 0.3) is 0 Å². The summed E-state index contributed by atoms with van der Waals surface area (Å²) in [6.45, 7) is 3.75. The molecule has 10 heteroatoms. The van der Waals surface area contributed by atoms with Crippen LogP contribution in [0.25, 0.3) is 5.82 Å². The van der Waals surface area contributed by atoms with E-state index in [-0.39, 0.29) is 4.90 Å². The molecule has 9 nitrogen and oxygen atoms in total. The van der Waals surface area contributed by atoms with Crippen molar-refractivity contribution >= 4 is 15.8 Å². The van der Waals surface area contributed by atoms with Crippen LogP contribution in [0.15, 0.2) is 53.6 Å². The zero-order chi connectivity index (χ0) is 20.4. The molecule has 1 aromatic carbocycles. The van der Waals surface area contributed by atoms with Crippen molar-refractivity contribution in [3.05, 3.63) is 54.4 Å². The zero-order valence-corrected chi connectivity index (χ0v) is 17.1. The Morgan fingerprint density at radius 1 is 0.966 bits per heavy atom. The summed E-state index contributed by atoms with van der Waals surface area (Å²) in [6, 6.07) is 12.2. The number of aromatic nitrogens is 4. The van der Waals surface area contributed by atoms with Crippen molar-refractivity contribution in [2.45, 2.75) is 11.8 Å². The fourth-order valence-corrected chi connectivity index (χ4v) is 4.68. The predicted octanol–water partition coefficient (Wildman–Crippen LogP) is 1.49. The minimum atomic E-state index is -3.56. The molecular weight excluding hydrogens is 392 g/mol. The van der Waals surface area contributed by atoms with E-state index < -0.39 is 10.0 Å². The highest BCUT2D eigenvalue weighted by molar-refractivity contribution is 7.89. The molecule has 2 aromatic heterocycles. The number of anilines is 1. The fraction of sp³-hybridized carbons (Fsp3) is 0.316. The van der Waals surface area contributed by atoms with Crippen LogP contribution >= 0.6 is 0 Å². The highest BCUT2D eigenvalue weighted by Gasteiger charge is 2.29. The Morgan fingerprint density at radius 2 is 1.69 bits per heavy atom. The molecule has 0 amide bonds. The first kappa shape index (κ1) is 19.3. The number of benzene rings is 1. The number of hydrogen-bond acceptors (Lipinski definition) is 7. The normalized spacial score (nSPS) is 15.4. The van der Waals surface area contributed by atoms with Crippen LogP contribution in [0.3, 0.4) is 0 Å². The van der Waals surface area contributed by atoms with Gasteiger partial charge < -0.3 is 9.64 Å². The zero-order valence-electron chi connectivity index (χ0n) is 16.3. The summed E-state index contributed by atoms with van der Waals surface area (Å²) in [6.07, 6.45) is 1.83. The molecule has 0 aliphatic carbocycles. The highest BCUT2D eigenvalue weighted by Crippen LogP contribution is 2.23. The quantitative estimate of drug-likeness (QED) is 0.624. The van der Waals surface area contributed by atoms with Gasteiger partial charge in [0.2, 0.25) is 10.0 Å². The third-order valence-electron chi connectivity index (χ3n) is 4.84. The molecule has 1 fully saturated rings. The number of nitrogens with zero attached hydrogens (tertiary/aromatic N) is 6. The van der Waals surface area contributed by atoms with Crippen molar-refractivity contribution in [3.8, 4) is 11.6 Å². The van der Waals surface area contributed by atoms with E-state index in [1.807, 2.05) is 36.2 Å². The van der Waals surface area contributed by atoms with Gasteiger partial charge in [-0.25, -0.2) is 13.1 Å². The minimum absolute atomic E-state index is 0.240. The van der Waals surface area contributed by atoms with E-state index in [1.54, 1.807) is 28.9 Å². The van der Waals surface area contributed by atoms with Gasteiger partial charge in [0.15, 0.2) is 11.6 Å². The second kappa shape index (κ2) is 7.80. The summed E-state index contributed by atoms with van der Waals surface area (Å²) >= 11 is 0. The molecular formula is C19H22N6O3S. The van der Waals surface area contributed by atoms with E-state index in [0.717, 1.165) is 11.5 Å². The van der Waals surface area contributed by atoms with E-state index in [0.29, 0.717) is 37.7 Å². The van der Waals surface area contributed by atoms with Gasteiger partial charge in [0, 0.05) is 38.4 Å². The topological polar surface area (TPSA) is 93.5 Å². The van der Waals surface area contributed by atoms with E-state index >= 15 is 0 Å².